The van der Waals surface area contributed by atoms with Crippen LogP contribution in [0.25, 0.3) is 0 Å². The van der Waals surface area contributed by atoms with Gasteiger partial charge in [0, 0.05) is 20.1 Å². The van der Waals surface area contributed by atoms with Crippen LogP contribution in [0.5, 0.6) is 0 Å². The first kappa shape index (κ1) is 15.4. The molecule has 19 heavy (non-hydrogen) atoms. The minimum absolute atomic E-state index is 0.0768. The van der Waals surface area contributed by atoms with Gasteiger partial charge in [-0.15, -0.1) is 10.2 Å². The molecular formula is C12H23N5O2. The van der Waals surface area contributed by atoms with Gasteiger partial charge >= 0.3 is 6.09 Å². The lowest BCUT2D eigenvalue weighted by atomic mass is 10.2. The maximum atomic E-state index is 11.4. The van der Waals surface area contributed by atoms with Gasteiger partial charge in [0.15, 0.2) is 0 Å². The van der Waals surface area contributed by atoms with Gasteiger partial charge in [-0.05, 0) is 27.7 Å². The van der Waals surface area contributed by atoms with Crippen LogP contribution < -0.4 is 10.6 Å². The van der Waals surface area contributed by atoms with Crippen molar-refractivity contribution >= 4 is 6.09 Å². The van der Waals surface area contributed by atoms with E-state index in [0.717, 1.165) is 5.82 Å². The molecule has 7 heteroatoms. The summed E-state index contributed by atoms with van der Waals surface area (Å²) in [6.45, 7) is 8.63. The highest BCUT2D eigenvalue weighted by Crippen LogP contribution is 2.07. The van der Waals surface area contributed by atoms with Gasteiger partial charge in [0.25, 0.3) is 0 Å². The number of hydrogen-bond donors (Lipinski definition) is 2. The van der Waals surface area contributed by atoms with Gasteiger partial charge in [0.05, 0.1) is 6.04 Å². The van der Waals surface area contributed by atoms with Gasteiger partial charge < -0.3 is 19.9 Å². The minimum atomic E-state index is -0.469. The molecule has 0 aromatic carbocycles. The fourth-order valence-electron chi connectivity index (χ4n) is 1.54. The molecule has 1 amide bonds. The first-order valence-corrected chi connectivity index (χ1v) is 6.34. The highest BCUT2D eigenvalue weighted by Gasteiger charge is 2.15. The Morgan fingerprint density at radius 3 is 2.68 bits per heavy atom. The SMILES string of the molecule is CC(NCCNC(=O)OC(C)(C)C)c1nncn1C. The average molecular weight is 269 g/mol. The Balaban J connectivity index is 2.21. The molecule has 1 atom stereocenters. The topological polar surface area (TPSA) is 81.1 Å². The summed E-state index contributed by atoms with van der Waals surface area (Å²) in [5.41, 5.74) is -0.469. The summed E-state index contributed by atoms with van der Waals surface area (Å²) in [4.78, 5) is 11.4. The fourth-order valence-corrected chi connectivity index (χ4v) is 1.54. The lowest BCUT2D eigenvalue weighted by Gasteiger charge is -2.20. The molecule has 1 aromatic heterocycles. The molecule has 2 N–H and O–H groups in total. The van der Waals surface area contributed by atoms with Crippen LogP contribution in [0.2, 0.25) is 0 Å². The van der Waals surface area contributed by atoms with Crippen LogP contribution in [0.4, 0.5) is 4.79 Å². The third kappa shape index (κ3) is 5.69. The normalized spacial score (nSPS) is 13.1. The fraction of sp³-hybridized carbons (Fsp3) is 0.750. The smallest absolute Gasteiger partial charge is 0.407 e. The van der Waals surface area contributed by atoms with Gasteiger partial charge in [0.1, 0.15) is 17.8 Å². The van der Waals surface area contributed by atoms with Gasteiger partial charge in [-0.2, -0.15) is 0 Å². The molecule has 0 aliphatic heterocycles. The number of rotatable bonds is 5. The van der Waals surface area contributed by atoms with Gasteiger partial charge in [-0.3, -0.25) is 0 Å². The van der Waals surface area contributed by atoms with E-state index in [1.807, 2.05) is 39.3 Å². The van der Waals surface area contributed by atoms with E-state index in [1.165, 1.54) is 0 Å². The largest absolute Gasteiger partial charge is 0.444 e. The van der Waals surface area contributed by atoms with Crippen LogP contribution in [0, 0.1) is 0 Å². The molecule has 0 bridgehead atoms. The van der Waals surface area contributed by atoms with Crippen molar-refractivity contribution in [1.82, 2.24) is 25.4 Å². The van der Waals surface area contributed by atoms with Crippen molar-refractivity contribution in [2.45, 2.75) is 39.3 Å². The van der Waals surface area contributed by atoms with Crippen molar-refractivity contribution in [3.63, 3.8) is 0 Å². The maximum absolute atomic E-state index is 11.4. The quantitative estimate of drug-likeness (QED) is 0.779. The van der Waals surface area contributed by atoms with E-state index < -0.39 is 11.7 Å². The number of alkyl carbamates (subject to hydrolysis) is 1. The van der Waals surface area contributed by atoms with Crippen LogP contribution >= 0.6 is 0 Å². The number of aryl methyl sites for hydroxylation is 1. The molecule has 0 fully saturated rings. The Kier molecular flexibility index (Phi) is 5.29. The number of carbonyl (C=O) groups excluding carboxylic acids is 1. The predicted octanol–water partition coefficient (Wildman–Crippen LogP) is 0.990. The number of hydrogen-bond acceptors (Lipinski definition) is 5. The molecule has 0 radical (unpaired) electrons. The molecule has 1 unspecified atom stereocenters. The van der Waals surface area contributed by atoms with Gasteiger partial charge in [-0.1, -0.05) is 0 Å². The van der Waals surface area contributed by atoms with Crippen molar-refractivity contribution in [3.05, 3.63) is 12.2 Å². The van der Waals surface area contributed by atoms with Crippen molar-refractivity contribution in [3.8, 4) is 0 Å². The molecule has 0 aliphatic carbocycles. The van der Waals surface area contributed by atoms with E-state index in [0.29, 0.717) is 13.1 Å². The van der Waals surface area contributed by atoms with Crippen LogP contribution in [0.15, 0.2) is 6.33 Å². The highest BCUT2D eigenvalue weighted by molar-refractivity contribution is 5.67. The van der Waals surface area contributed by atoms with E-state index in [4.69, 9.17) is 4.74 Å². The van der Waals surface area contributed by atoms with E-state index >= 15 is 0 Å². The molecule has 0 aliphatic rings. The Bertz CT molecular complexity index is 410. The molecule has 1 rings (SSSR count). The Hall–Kier alpha value is -1.63. The standard InChI is InChI=1S/C12H23N5O2/c1-9(10-16-15-8-17(10)5)13-6-7-14-11(18)19-12(2,3)4/h8-9,13H,6-7H2,1-5H3,(H,14,18). The Morgan fingerprint density at radius 2 is 2.16 bits per heavy atom. The number of ether oxygens (including phenoxy) is 1. The molecule has 0 saturated carbocycles. The molecule has 0 spiro atoms. The molecule has 1 aromatic rings. The second kappa shape index (κ2) is 6.51. The van der Waals surface area contributed by atoms with Crippen molar-refractivity contribution in [2.75, 3.05) is 13.1 Å². The number of nitrogens with one attached hydrogen (secondary N) is 2. The lowest BCUT2D eigenvalue weighted by molar-refractivity contribution is 0.0528. The summed E-state index contributed by atoms with van der Waals surface area (Å²) in [6, 6.07) is 0.0768. The minimum Gasteiger partial charge on any atom is -0.444 e. The van der Waals surface area contributed by atoms with Crippen LogP contribution in [0.3, 0.4) is 0 Å². The molecule has 1 heterocycles. The van der Waals surface area contributed by atoms with E-state index in [-0.39, 0.29) is 6.04 Å². The van der Waals surface area contributed by atoms with Crippen LogP contribution in [-0.2, 0) is 11.8 Å². The van der Waals surface area contributed by atoms with Gasteiger partial charge in [-0.25, -0.2) is 4.79 Å². The second-order valence-corrected chi connectivity index (χ2v) is 5.40. The third-order valence-electron chi connectivity index (χ3n) is 2.38. The predicted molar refractivity (Wildman–Crippen MR) is 71.7 cm³/mol. The molecular weight excluding hydrogens is 246 g/mol. The summed E-state index contributed by atoms with van der Waals surface area (Å²) >= 11 is 0. The van der Waals surface area contributed by atoms with E-state index in [2.05, 4.69) is 20.8 Å². The molecule has 7 nitrogen and oxygen atoms in total. The summed E-state index contributed by atoms with van der Waals surface area (Å²) < 4.78 is 6.99. The van der Waals surface area contributed by atoms with Gasteiger partial charge in [0.2, 0.25) is 0 Å². The number of nitrogens with zero attached hydrogens (tertiary/aromatic N) is 3. The zero-order valence-electron chi connectivity index (χ0n) is 12.2. The second-order valence-electron chi connectivity index (χ2n) is 5.40. The Morgan fingerprint density at radius 1 is 1.47 bits per heavy atom. The van der Waals surface area contributed by atoms with E-state index in [1.54, 1.807) is 6.33 Å². The summed E-state index contributed by atoms with van der Waals surface area (Å²) in [5.74, 6) is 0.859. The van der Waals surface area contributed by atoms with Crippen LogP contribution in [-0.4, -0.2) is 39.5 Å². The summed E-state index contributed by atoms with van der Waals surface area (Å²) in [6.07, 6.45) is 1.26. The zero-order valence-corrected chi connectivity index (χ0v) is 12.2. The summed E-state index contributed by atoms with van der Waals surface area (Å²) in [5, 5.41) is 13.8. The third-order valence-corrected chi connectivity index (χ3v) is 2.38. The summed E-state index contributed by atoms with van der Waals surface area (Å²) in [7, 11) is 1.90. The van der Waals surface area contributed by atoms with Crippen molar-refractivity contribution in [2.24, 2.45) is 7.05 Å². The maximum Gasteiger partial charge on any atom is 0.407 e. The monoisotopic (exact) mass is 269 g/mol. The lowest BCUT2D eigenvalue weighted by Crippen LogP contribution is -2.37. The first-order chi connectivity index (χ1) is 8.79. The first-order valence-electron chi connectivity index (χ1n) is 6.34. The zero-order chi connectivity index (χ0) is 14.5. The number of carbonyl (C=O) groups is 1. The number of aromatic nitrogens is 3. The highest BCUT2D eigenvalue weighted by atomic mass is 16.6. The van der Waals surface area contributed by atoms with E-state index in [9.17, 15) is 4.79 Å². The number of amides is 1. The average Bonchev–Trinajstić information content (AvgIpc) is 2.68. The van der Waals surface area contributed by atoms with Crippen LogP contribution in [0.1, 0.15) is 39.6 Å². The molecule has 0 saturated heterocycles. The van der Waals surface area contributed by atoms with Crippen molar-refractivity contribution in [1.29, 1.82) is 0 Å². The van der Waals surface area contributed by atoms with Crippen molar-refractivity contribution < 1.29 is 9.53 Å². The Labute approximate surface area is 113 Å². The molecule has 108 valence electrons.